The van der Waals surface area contributed by atoms with Gasteiger partial charge >= 0.3 is 0 Å². The summed E-state index contributed by atoms with van der Waals surface area (Å²) in [6, 6.07) is 11.0. The van der Waals surface area contributed by atoms with Crippen LogP contribution >= 0.6 is 15.9 Å². The average Bonchev–Trinajstić information content (AvgIpc) is 2.81. The topological polar surface area (TPSA) is 85.6 Å². The van der Waals surface area contributed by atoms with Gasteiger partial charge in [-0.05, 0) is 17.7 Å². The van der Waals surface area contributed by atoms with Crippen molar-refractivity contribution >= 4 is 15.9 Å². The van der Waals surface area contributed by atoms with Gasteiger partial charge in [-0.15, -0.1) is 0 Å². The van der Waals surface area contributed by atoms with Crippen LogP contribution in [-0.4, -0.2) is 14.7 Å². The molecule has 19 heavy (non-hydrogen) atoms. The Bertz CT molecular complexity index is 663. The first-order chi connectivity index (χ1) is 9.15. The SMILES string of the molecule is N#Cc1ncn(C[C@@H](O)c2ccc(Br)cc2)c1C#N. The van der Waals surface area contributed by atoms with Crippen molar-refractivity contribution in [3.05, 3.63) is 52.0 Å². The lowest BCUT2D eigenvalue weighted by molar-refractivity contribution is 0.156. The first-order valence-electron chi connectivity index (χ1n) is 5.44. The number of nitrogens with zero attached hydrogens (tertiary/aromatic N) is 4. The van der Waals surface area contributed by atoms with E-state index < -0.39 is 6.10 Å². The maximum atomic E-state index is 10.1. The third kappa shape index (κ3) is 2.82. The Morgan fingerprint density at radius 2 is 1.95 bits per heavy atom. The fourth-order valence-electron chi connectivity index (χ4n) is 1.70. The lowest BCUT2D eigenvalue weighted by Crippen LogP contribution is -2.09. The first-order valence-corrected chi connectivity index (χ1v) is 6.24. The van der Waals surface area contributed by atoms with Crippen LogP contribution in [0.1, 0.15) is 23.1 Å². The lowest BCUT2D eigenvalue weighted by atomic mass is 10.1. The van der Waals surface area contributed by atoms with Gasteiger partial charge in [0.2, 0.25) is 0 Å². The van der Waals surface area contributed by atoms with E-state index in [2.05, 4.69) is 20.9 Å². The number of aromatic nitrogens is 2. The molecule has 0 saturated heterocycles. The first kappa shape index (κ1) is 13.3. The van der Waals surface area contributed by atoms with Crippen LogP contribution in [0.5, 0.6) is 0 Å². The summed E-state index contributed by atoms with van der Waals surface area (Å²) in [4.78, 5) is 3.83. The van der Waals surface area contributed by atoms with Crippen molar-refractivity contribution in [3.63, 3.8) is 0 Å². The molecule has 0 aliphatic heterocycles. The van der Waals surface area contributed by atoms with E-state index >= 15 is 0 Å². The van der Waals surface area contributed by atoms with Crippen LogP contribution in [0.25, 0.3) is 0 Å². The highest BCUT2D eigenvalue weighted by Gasteiger charge is 2.14. The van der Waals surface area contributed by atoms with Gasteiger partial charge < -0.3 is 9.67 Å². The summed E-state index contributed by atoms with van der Waals surface area (Å²) >= 11 is 3.32. The highest BCUT2D eigenvalue weighted by atomic mass is 79.9. The van der Waals surface area contributed by atoms with Crippen LogP contribution in [0.2, 0.25) is 0 Å². The summed E-state index contributed by atoms with van der Waals surface area (Å²) in [5.74, 6) is 0. The molecule has 0 amide bonds. The van der Waals surface area contributed by atoms with Crippen LogP contribution in [0.15, 0.2) is 35.1 Å². The molecule has 0 saturated carbocycles. The van der Waals surface area contributed by atoms with E-state index in [1.54, 1.807) is 12.1 Å². The van der Waals surface area contributed by atoms with Crippen LogP contribution in [0, 0.1) is 22.7 Å². The number of halogens is 1. The van der Waals surface area contributed by atoms with E-state index in [-0.39, 0.29) is 17.9 Å². The molecule has 2 aromatic rings. The van der Waals surface area contributed by atoms with E-state index in [0.29, 0.717) is 0 Å². The normalized spacial score (nSPS) is 11.6. The Hall–Kier alpha value is -2.15. The molecule has 94 valence electrons. The molecule has 0 bridgehead atoms. The summed E-state index contributed by atoms with van der Waals surface area (Å²) in [7, 11) is 0. The fraction of sp³-hybridized carbons (Fsp3) is 0.154. The van der Waals surface area contributed by atoms with Gasteiger partial charge in [-0.25, -0.2) is 4.98 Å². The third-order valence-electron chi connectivity index (χ3n) is 2.67. The number of aliphatic hydroxyl groups is 1. The number of aliphatic hydroxyl groups excluding tert-OH is 1. The van der Waals surface area contributed by atoms with Crippen molar-refractivity contribution in [3.8, 4) is 12.1 Å². The second-order valence-electron chi connectivity index (χ2n) is 3.89. The zero-order chi connectivity index (χ0) is 13.8. The molecule has 1 atom stereocenters. The van der Waals surface area contributed by atoms with Crippen LogP contribution in [-0.2, 0) is 6.54 Å². The summed E-state index contributed by atoms with van der Waals surface area (Å²) in [6.45, 7) is 0.180. The average molecular weight is 317 g/mol. The molecule has 0 fully saturated rings. The second-order valence-corrected chi connectivity index (χ2v) is 4.80. The van der Waals surface area contributed by atoms with Crippen LogP contribution in [0.4, 0.5) is 0 Å². The number of rotatable bonds is 3. The van der Waals surface area contributed by atoms with Gasteiger partial charge in [0.1, 0.15) is 12.1 Å². The second kappa shape index (κ2) is 5.66. The molecule has 0 aliphatic rings. The van der Waals surface area contributed by atoms with Crippen LogP contribution in [0.3, 0.4) is 0 Å². The van der Waals surface area contributed by atoms with Crippen molar-refractivity contribution in [2.75, 3.05) is 0 Å². The highest BCUT2D eigenvalue weighted by Crippen LogP contribution is 2.19. The molecule has 5 nitrogen and oxygen atoms in total. The van der Waals surface area contributed by atoms with Gasteiger partial charge in [0, 0.05) is 4.47 Å². The molecule has 0 aliphatic carbocycles. The summed E-state index contributed by atoms with van der Waals surface area (Å²) < 4.78 is 2.40. The predicted molar refractivity (Wildman–Crippen MR) is 70.8 cm³/mol. The standard InChI is InChI=1S/C13H9BrN4O/c14-10-3-1-9(2-4-10)13(19)7-18-8-17-11(5-15)12(18)6-16/h1-4,8,13,19H,7H2/t13-/m1/s1. The monoisotopic (exact) mass is 316 g/mol. The minimum Gasteiger partial charge on any atom is -0.387 e. The predicted octanol–water partition coefficient (Wildman–Crippen LogP) is 2.12. The third-order valence-corrected chi connectivity index (χ3v) is 3.20. The van der Waals surface area contributed by atoms with E-state index in [0.717, 1.165) is 10.0 Å². The Morgan fingerprint density at radius 1 is 1.26 bits per heavy atom. The highest BCUT2D eigenvalue weighted by molar-refractivity contribution is 9.10. The molecule has 0 radical (unpaired) electrons. The molecule has 1 aromatic heterocycles. The zero-order valence-electron chi connectivity index (χ0n) is 9.79. The van der Waals surface area contributed by atoms with E-state index in [4.69, 9.17) is 10.5 Å². The Kier molecular flexibility index (Phi) is 3.96. The number of imidazole rings is 1. The molecule has 1 N–H and O–H groups in total. The van der Waals surface area contributed by atoms with Crippen molar-refractivity contribution in [2.45, 2.75) is 12.6 Å². The summed E-state index contributed by atoms with van der Waals surface area (Å²) in [5, 5.41) is 27.9. The largest absolute Gasteiger partial charge is 0.387 e. The maximum Gasteiger partial charge on any atom is 0.176 e. The van der Waals surface area contributed by atoms with Gasteiger partial charge in [0.05, 0.1) is 19.0 Å². The minimum absolute atomic E-state index is 0.0745. The smallest absolute Gasteiger partial charge is 0.176 e. The van der Waals surface area contributed by atoms with E-state index in [1.807, 2.05) is 24.3 Å². The molecule has 1 heterocycles. The quantitative estimate of drug-likeness (QED) is 0.939. The number of benzene rings is 1. The van der Waals surface area contributed by atoms with Gasteiger partial charge in [-0.3, -0.25) is 0 Å². The van der Waals surface area contributed by atoms with Crippen molar-refractivity contribution < 1.29 is 5.11 Å². The summed E-state index contributed by atoms with van der Waals surface area (Å²) in [5.41, 5.74) is 0.975. The number of hydrogen-bond acceptors (Lipinski definition) is 4. The summed E-state index contributed by atoms with van der Waals surface area (Å²) in [6.07, 6.45) is 0.625. The van der Waals surface area contributed by atoms with E-state index in [9.17, 15) is 5.11 Å². The van der Waals surface area contributed by atoms with Gasteiger partial charge in [0.25, 0.3) is 0 Å². The lowest BCUT2D eigenvalue weighted by Gasteiger charge is -2.12. The minimum atomic E-state index is -0.763. The molecular weight excluding hydrogens is 308 g/mol. The number of hydrogen-bond donors (Lipinski definition) is 1. The number of nitriles is 2. The molecule has 0 spiro atoms. The van der Waals surface area contributed by atoms with Crippen molar-refractivity contribution in [1.82, 2.24) is 9.55 Å². The zero-order valence-corrected chi connectivity index (χ0v) is 11.4. The van der Waals surface area contributed by atoms with Gasteiger partial charge in [-0.1, -0.05) is 28.1 Å². The van der Waals surface area contributed by atoms with Crippen molar-refractivity contribution in [1.29, 1.82) is 10.5 Å². The molecule has 0 unspecified atom stereocenters. The van der Waals surface area contributed by atoms with Crippen molar-refractivity contribution in [2.24, 2.45) is 0 Å². The van der Waals surface area contributed by atoms with Crippen LogP contribution < -0.4 is 0 Å². The maximum absolute atomic E-state index is 10.1. The Labute approximate surface area is 118 Å². The fourth-order valence-corrected chi connectivity index (χ4v) is 1.96. The van der Waals surface area contributed by atoms with E-state index in [1.165, 1.54) is 10.9 Å². The van der Waals surface area contributed by atoms with Gasteiger partial charge in [-0.2, -0.15) is 10.5 Å². The molecule has 1 aromatic carbocycles. The Morgan fingerprint density at radius 3 is 2.53 bits per heavy atom. The molecule has 2 rings (SSSR count). The Balaban J connectivity index is 2.22. The molecular formula is C13H9BrN4O. The molecule has 6 heteroatoms. The van der Waals surface area contributed by atoms with Gasteiger partial charge in [0.15, 0.2) is 11.4 Å².